The highest BCUT2D eigenvalue weighted by atomic mass is 32.1. The number of aliphatic hydroxyl groups is 1. The third-order valence-electron chi connectivity index (χ3n) is 5.99. The number of thiazole rings is 1. The number of rotatable bonds is 4. The summed E-state index contributed by atoms with van der Waals surface area (Å²) in [6.07, 6.45) is 9.70. The first kappa shape index (κ1) is 29.3. The van der Waals surface area contributed by atoms with E-state index in [1.807, 2.05) is 19.2 Å². The lowest BCUT2D eigenvalue weighted by Crippen LogP contribution is -2.24. The number of fused-ring (bicyclic) bond motifs is 1. The van der Waals surface area contributed by atoms with E-state index in [2.05, 4.69) is 4.98 Å². The van der Waals surface area contributed by atoms with Gasteiger partial charge >= 0.3 is 5.97 Å². The van der Waals surface area contributed by atoms with Crippen LogP contribution in [0.25, 0.3) is 10.9 Å². The van der Waals surface area contributed by atoms with Gasteiger partial charge in [0.1, 0.15) is 11.3 Å². The number of nitrogens with zero attached hydrogens (tertiary/aromatic N) is 3. The first-order chi connectivity index (χ1) is 17.4. The van der Waals surface area contributed by atoms with Crippen LogP contribution in [0, 0.1) is 11.7 Å². The predicted octanol–water partition coefficient (Wildman–Crippen LogP) is 4.93. The van der Waals surface area contributed by atoms with E-state index < -0.39 is 22.8 Å². The molecule has 1 aliphatic carbocycles. The number of aryl methyl sites for hydroxylation is 1. The van der Waals surface area contributed by atoms with Crippen LogP contribution in [0.4, 0.5) is 10.1 Å². The lowest BCUT2D eigenvalue weighted by atomic mass is 10.0. The van der Waals surface area contributed by atoms with Crippen molar-refractivity contribution in [3.8, 4) is 5.75 Å². The topological polar surface area (TPSA) is 105 Å². The Balaban J connectivity index is 0.000000342. The van der Waals surface area contributed by atoms with Crippen molar-refractivity contribution in [2.75, 3.05) is 31.7 Å². The van der Waals surface area contributed by atoms with Gasteiger partial charge in [-0.15, -0.1) is 11.3 Å². The van der Waals surface area contributed by atoms with Crippen LogP contribution < -0.4 is 15.1 Å². The Bertz CT molecular complexity index is 1140. The zero-order valence-corrected chi connectivity index (χ0v) is 22.2. The van der Waals surface area contributed by atoms with E-state index in [0.717, 1.165) is 12.5 Å². The van der Waals surface area contributed by atoms with Crippen molar-refractivity contribution in [1.29, 1.82) is 0 Å². The number of methoxy groups -OCH3 is 1. The molecule has 0 spiro atoms. The minimum absolute atomic E-state index is 0.0223. The minimum Gasteiger partial charge on any atom is -0.492 e. The Morgan fingerprint density at radius 2 is 1.94 bits per heavy atom. The van der Waals surface area contributed by atoms with Crippen LogP contribution in [-0.4, -0.2) is 52.5 Å². The van der Waals surface area contributed by atoms with E-state index in [0.29, 0.717) is 18.6 Å². The second-order valence-corrected chi connectivity index (χ2v) is 9.05. The van der Waals surface area contributed by atoms with Crippen LogP contribution in [0.5, 0.6) is 5.75 Å². The number of anilines is 1. The van der Waals surface area contributed by atoms with E-state index in [9.17, 15) is 19.1 Å². The molecule has 2 aromatic heterocycles. The molecule has 0 bridgehead atoms. The maximum Gasteiger partial charge on any atom is 0.341 e. The number of aromatic carboxylic acids is 1. The molecule has 3 heterocycles. The molecule has 0 amide bonds. The monoisotopic (exact) mass is 521 g/mol. The molecule has 8 nitrogen and oxygen atoms in total. The molecular weight excluding hydrogens is 485 g/mol. The molecule has 36 heavy (non-hydrogen) atoms. The molecule has 3 aromatic rings. The largest absolute Gasteiger partial charge is 0.492 e. The van der Waals surface area contributed by atoms with Crippen molar-refractivity contribution in [3.63, 3.8) is 0 Å². The van der Waals surface area contributed by atoms with Crippen LogP contribution >= 0.6 is 11.3 Å². The van der Waals surface area contributed by atoms with Gasteiger partial charge in [-0.1, -0.05) is 39.5 Å². The SMILES string of the molecule is C1CCC1.CC.COc1c(N2CCC(CO)C2)c(F)cc2c(=O)c(C(=O)O)cn(C)c12.c1cscn1. The Labute approximate surface area is 215 Å². The van der Waals surface area contributed by atoms with E-state index >= 15 is 0 Å². The Kier molecular flexibility index (Phi) is 11.8. The van der Waals surface area contributed by atoms with Crippen molar-refractivity contribution in [2.24, 2.45) is 13.0 Å². The molecular formula is C26H36FN3O5S. The lowest BCUT2D eigenvalue weighted by Gasteiger charge is -2.24. The molecule has 2 aliphatic rings. The fraction of sp³-hybridized carbons (Fsp3) is 0.500. The molecule has 1 aromatic carbocycles. The van der Waals surface area contributed by atoms with Crippen molar-refractivity contribution in [3.05, 3.63) is 51.0 Å². The number of ether oxygens (including phenoxy) is 1. The van der Waals surface area contributed by atoms with Gasteiger partial charge in [-0.3, -0.25) is 9.78 Å². The number of carboxylic acids is 1. The molecule has 2 fully saturated rings. The number of hydrogen-bond acceptors (Lipinski definition) is 7. The molecule has 10 heteroatoms. The number of benzene rings is 1. The van der Waals surface area contributed by atoms with Crippen LogP contribution in [-0.2, 0) is 7.05 Å². The van der Waals surface area contributed by atoms with Crippen LogP contribution in [0.1, 0.15) is 56.3 Å². The second-order valence-electron chi connectivity index (χ2n) is 8.30. The van der Waals surface area contributed by atoms with Crippen molar-refractivity contribution >= 4 is 33.9 Å². The number of aromatic nitrogens is 2. The number of carboxylic acid groups (broad SMARTS) is 1. The van der Waals surface area contributed by atoms with E-state index in [1.54, 1.807) is 35.0 Å². The number of carbonyl (C=O) groups is 1. The quantitative estimate of drug-likeness (QED) is 0.501. The summed E-state index contributed by atoms with van der Waals surface area (Å²) in [5.74, 6) is -1.78. The Morgan fingerprint density at radius 1 is 1.28 bits per heavy atom. The van der Waals surface area contributed by atoms with Crippen LogP contribution in [0.15, 0.2) is 34.1 Å². The third kappa shape index (κ3) is 7.04. The Morgan fingerprint density at radius 3 is 2.36 bits per heavy atom. The zero-order valence-electron chi connectivity index (χ0n) is 21.4. The van der Waals surface area contributed by atoms with Crippen molar-refractivity contribution < 1.29 is 24.1 Å². The molecule has 1 saturated carbocycles. The fourth-order valence-electron chi connectivity index (χ4n) is 3.84. The maximum absolute atomic E-state index is 14.8. The maximum atomic E-state index is 14.8. The van der Waals surface area contributed by atoms with Crippen LogP contribution in [0.2, 0.25) is 0 Å². The van der Waals surface area contributed by atoms with Gasteiger partial charge in [0, 0.05) is 50.4 Å². The normalized spacial score (nSPS) is 15.9. The van der Waals surface area contributed by atoms with Gasteiger partial charge in [-0.2, -0.15) is 0 Å². The fourth-order valence-corrected chi connectivity index (χ4v) is 4.19. The summed E-state index contributed by atoms with van der Waals surface area (Å²) in [6.45, 7) is 5.07. The third-order valence-corrected chi connectivity index (χ3v) is 6.51. The molecule has 5 rings (SSSR count). The van der Waals surface area contributed by atoms with Crippen molar-refractivity contribution in [1.82, 2.24) is 9.55 Å². The predicted molar refractivity (Wildman–Crippen MR) is 142 cm³/mol. The van der Waals surface area contributed by atoms with Gasteiger partial charge in [-0.25, -0.2) is 9.18 Å². The van der Waals surface area contributed by atoms with Gasteiger partial charge in [0.25, 0.3) is 0 Å². The molecule has 1 aliphatic heterocycles. The average Bonchev–Trinajstić information content (AvgIpc) is 3.56. The van der Waals surface area contributed by atoms with E-state index in [4.69, 9.17) is 9.84 Å². The molecule has 1 unspecified atom stereocenters. The first-order valence-electron chi connectivity index (χ1n) is 12.2. The molecule has 1 atom stereocenters. The standard InChI is InChI=1S/C17H19FN2O5.C4H8.C3H3NS.C2H6/c1-19-7-11(17(23)24)15(22)10-5-12(18)14(16(25-2)13(10)19)20-4-3-9(6-20)8-21;1-2-4-3-1;1-2-5-3-4-1;1-2/h5,7,9,21H,3-4,6,8H2,1-2H3,(H,23,24);1-4H2;1-3H;1-2H3. The summed E-state index contributed by atoms with van der Waals surface area (Å²) < 4.78 is 21.7. The first-order valence-corrected chi connectivity index (χ1v) is 13.1. The van der Waals surface area contributed by atoms with Gasteiger partial charge < -0.3 is 24.4 Å². The highest BCUT2D eigenvalue weighted by Gasteiger charge is 2.29. The lowest BCUT2D eigenvalue weighted by molar-refractivity contribution is 0.0695. The second kappa shape index (κ2) is 14.5. The zero-order chi connectivity index (χ0) is 26.7. The van der Waals surface area contributed by atoms with Gasteiger partial charge in [-0.05, 0) is 12.5 Å². The number of hydrogen-bond donors (Lipinski definition) is 2. The van der Waals surface area contributed by atoms with Crippen molar-refractivity contribution in [2.45, 2.75) is 46.0 Å². The summed E-state index contributed by atoms with van der Waals surface area (Å²) in [7, 11) is 2.96. The minimum atomic E-state index is -1.36. The summed E-state index contributed by atoms with van der Waals surface area (Å²) >= 11 is 1.60. The molecule has 1 saturated heterocycles. The van der Waals surface area contributed by atoms with Gasteiger partial charge in [0.05, 0.1) is 23.5 Å². The molecule has 2 N–H and O–H groups in total. The Hall–Kier alpha value is -2.98. The molecule has 0 radical (unpaired) electrons. The van der Waals surface area contributed by atoms with E-state index in [1.165, 1.54) is 43.6 Å². The summed E-state index contributed by atoms with van der Waals surface area (Å²) in [6, 6.07) is 1.06. The molecule has 198 valence electrons. The smallest absolute Gasteiger partial charge is 0.341 e. The average molecular weight is 522 g/mol. The number of aliphatic hydroxyl groups excluding tert-OH is 1. The van der Waals surface area contributed by atoms with E-state index in [-0.39, 0.29) is 29.3 Å². The number of halogens is 1. The summed E-state index contributed by atoms with van der Waals surface area (Å²) in [5, 5.41) is 20.4. The van der Waals surface area contributed by atoms with Gasteiger partial charge in [0.15, 0.2) is 11.6 Å². The van der Waals surface area contributed by atoms with Gasteiger partial charge in [0.2, 0.25) is 5.43 Å². The highest BCUT2D eigenvalue weighted by molar-refractivity contribution is 7.07. The summed E-state index contributed by atoms with van der Waals surface area (Å²) in [5.41, 5.74) is 1.18. The summed E-state index contributed by atoms with van der Waals surface area (Å²) in [4.78, 5) is 29.2. The van der Waals surface area contributed by atoms with Crippen LogP contribution in [0.3, 0.4) is 0 Å². The highest BCUT2D eigenvalue weighted by Crippen LogP contribution is 2.39. The number of pyridine rings is 1.